The van der Waals surface area contributed by atoms with Crippen molar-refractivity contribution in [1.29, 1.82) is 0 Å². The fourth-order valence-electron chi connectivity index (χ4n) is 3.49. The molecule has 3 aromatic rings. The maximum Gasteiger partial charge on any atom is 0.490 e. The van der Waals surface area contributed by atoms with Crippen molar-refractivity contribution < 1.29 is 13.6 Å². The molecule has 0 unspecified atom stereocenters. The fourth-order valence-corrected chi connectivity index (χ4v) is 5.52. The van der Waals surface area contributed by atoms with E-state index in [4.69, 9.17) is 25.4 Å². The monoisotopic (exact) mass is 510 g/mol. The van der Waals surface area contributed by atoms with Crippen molar-refractivity contribution in [3.8, 4) is 17.2 Å². The summed E-state index contributed by atoms with van der Waals surface area (Å²) in [5.74, 6) is 1.87. The summed E-state index contributed by atoms with van der Waals surface area (Å²) >= 11 is 5.91. The van der Waals surface area contributed by atoms with E-state index in [1.807, 2.05) is 36.4 Å². The molecule has 5 heteroatoms. The van der Waals surface area contributed by atoms with E-state index in [0.717, 1.165) is 0 Å². The summed E-state index contributed by atoms with van der Waals surface area (Å²) < 4.78 is 18.8. The van der Waals surface area contributed by atoms with Crippen molar-refractivity contribution in [1.82, 2.24) is 0 Å². The van der Waals surface area contributed by atoms with Crippen molar-refractivity contribution in [3.05, 3.63) is 89.5 Å². The highest BCUT2D eigenvalue weighted by molar-refractivity contribution is 8.08. The molecule has 0 spiro atoms. The Morgan fingerprint density at radius 2 is 0.629 bits per heavy atom. The van der Waals surface area contributed by atoms with E-state index in [9.17, 15) is 0 Å². The molecule has 188 valence electrons. The normalized spacial score (nSPS) is 12.8. The van der Waals surface area contributed by atoms with Crippen LogP contribution in [0.25, 0.3) is 0 Å². The highest BCUT2D eigenvalue weighted by Crippen LogP contribution is 2.50. The van der Waals surface area contributed by atoms with Crippen LogP contribution in [-0.4, -0.2) is 0 Å². The number of rotatable bonds is 6. The molecule has 0 aromatic heterocycles. The van der Waals surface area contributed by atoms with Crippen molar-refractivity contribution in [3.63, 3.8) is 0 Å². The second kappa shape index (κ2) is 9.99. The molecule has 0 aliphatic heterocycles. The zero-order valence-corrected chi connectivity index (χ0v) is 24.2. The summed E-state index contributed by atoms with van der Waals surface area (Å²) in [6.45, 7) is 16.4. The Morgan fingerprint density at radius 1 is 0.429 bits per heavy atom. The Hall–Kier alpha value is -2.29. The predicted octanol–water partition coefficient (Wildman–Crippen LogP) is 9.34. The highest BCUT2D eigenvalue weighted by Gasteiger charge is 2.28. The fraction of sp³-hybridized carbons (Fsp3) is 0.400. The topological polar surface area (TPSA) is 27.7 Å². The second-order valence-corrected chi connectivity index (χ2v) is 14.8. The number of benzene rings is 3. The maximum absolute atomic E-state index is 6.25. The van der Waals surface area contributed by atoms with E-state index >= 15 is 0 Å². The van der Waals surface area contributed by atoms with Gasteiger partial charge < -0.3 is 13.6 Å². The molecule has 0 aliphatic rings. The van der Waals surface area contributed by atoms with E-state index in [1.165, 1.54) is 16.7 Å². The van der Waals surface area contributed by atoms with Crippen LogP contribution < -0.4 is 13.6 Å². The third-order valence-corrected chi connectivity index (χ3v) is 7.79. The predicted molar refractivity (Wildman–Crippen MR) is 152 cm³/mol. The molecule has 0 radical (unpaired) electrons. The van der Waals surface area contributed by atoms with Gasteiger partial charge in [-0.2, -0.15) is 0 Å². The summed E-state index contributed by atoms with van der Waals surface area (Å²) in [7, 11) is 0. The molecule has 3 aromatic carbocycles. The minimum atomic E-state index is -3.22. The van der Waals surface area contributed by atoms with Crippen LogP contribution in [0.1, 0.15) is 79.0 Å². The maximum atomic E-state index is 6.25. The number of hydrogen-bond donors (Lipinski definition) is 0. The molecular formula is C30H39O3PS. The molecule has 0 heterocycles. The molecule has 3 nitrogen and oxygen atoms in total. The smallest absolute Gasteiger partial charge is 0.407 e. The van der Waals surface area contributed by atoms with Crippen LogP contribution >= 0.6 is 6.72 Å². The van der Waals surface area contributed by atoms with Gasteiger partial charge in [-0.15, -0.1) is 0 Å². The standard InChI is InChI=1S/C30H39O3PS/c1-28(2,3)22-10-16-25(17-11-22)31-34(35,32-26-18-12-23(13-19-26)29(4,5)6)33-27-20-14-24(15-21-27)30(7,8)9/h10-21H,1-9H3. The molecule has 0 bridgehead atoms. The number of hydrogen-bond acceptors (Lipinski definition) is 4. The first-order valence-corrected chi connectivity index (χ1v) is 14.6. The van der Waals surface area contributed by atoms with Crippen molar-refractivity contribution in [2.45, 2.75) is 78.6 Å². The van der Waals surface area contributed by atoms with Crippen molar-refractivity contribution >= 4 is 18.5 Å². The summed E-state index contributed by atoms with van der Waals surface area (Å²) in [5, 5.41) is 0. The van der Waals surface area contributed by atoms with Gasteiger partial charge in [-0.25, -0.2) is 0 Å². The van der Waals surface area contributed by atoms with Gasteiger partial charge in [0.15, 0.2) is 0 Å². The van der Waals surface area contributed by atoms with Gasteiger partial charge in [0, 0.05) is 11.8 Å². The lowest BCUT2D eigenvalue weighted by Crippen LogP contribution is -2.12. The highest BCUT2D eigenvalue weighted by atomic mass is 32.5. The Bertz CT molecular complexity index is 1010. The van der Waals surface area contributed by atoms with E-state index in [1.54, 1.807) is 0 Å². The van der Waals surface area contributed by atoms with Crippen LogP contribution in [0.2, 0.25) is 0 Å². The summed E-state index contributed by atoms with van der Waals surface area (Å²) in [5.41, 5.74) is 3.81. The van der Waals surface area contributed by atoms with Crippen molar-refractivity contribution in [2.75, 3.05) is 0 Å². The molecule has 0 amide bonds. The van der Waals surface area contributed by atoms with E-state index in [-0.39, 0.29) is 16.2 Å². The summed E-state index contributed by atoms with van der Waals surface area (Å²) in [6, 6.07) is 23.9. The largest absolute Gasteiger partial charge is 0.490 e. The van der Waals surface area contributed by atoms with Gasteiger partial charge in [-0.3, -0.25) is 0 Å². The Labute approximate surface area is 217 Å². The minimum absolute atomic E-state index is 0.0509. The van der Waals surface area contributed by atoms with Crippen LogP contribution in [0.4, 0.5) is 0 Å². The van der Waals surface area contributed by atoms with Gasteiger partial charge in [0.05, 0.1) is 0 Å². The quantitative estimate of drug-likeness (QED) is 0.309. The minimum Gasteiger partial charge on any atom is -0.407 e. The van der Waals surface area contributed by atoms with Gasteiger partial charge in [-0.1, -0.05) is 98.7 Å². The molecule has 0 saturated carbocycles. The SMILES string of the molecule is CC(C)(C)c1ccc(OP(=S)(Oc2ccc(C(C)(C)C)cc2)Oc2ccc(C(C)(C)C)cc2)cc1. The average Bonchev–Trinajstić information content (AvgIpc) is 2.72. The molecule has 0 aliphatic carbocycles. The lowest BCUT2D eigenvalue weighted by molar-refractivity contribution is 0.383. The summed E-state index contributed by atoms with van der Waals surface area (Å²) in [6.07, 6.45) is 0. The molecule has 0 saturated heterocycles. The first kappa shape index (κ1) is 27.3. The molecule has 0 N–H and O–H groups in total. The first-order chi connectivity index (χ1) is 16.1. The van der Waals surface area contributed by atoms with Crippen LogP contribution in [0, 0.1) is 0 Å². The molecule has 0 fully saturated rings. The lowest BCUT2D eigenvalue weighted by atomic mass is 9.87. The van der Waals surface area contributed by atoms with E-state index in [2.05, 4.69) is 98.7 Å². The second-order valence-electron chi connectivity index (χ2n) is 12.0. The molecule has 0 atom stereocenters. The van der Waals surface area contributed by atoms with Gasteiger partial charge in [-0.05, 0) is 69.3 Å². The summed E-state index contributed by atoms with van der Waals surface area (Å²) in [4.78, 5) is 0. The average molecular weight is 511 g/mol. The van der Waals surface area contributed by atoms with Crippen LogP contribution in [-0.2, 0) is 28.1 Å². The third-order valence-electron chi connectivity index (χ3n) is 5.81. The molecular weight excluding hydrogens is 471 g/mol. The molecule has 35 heavy (non-hydrogen) atoms. The first-order valence-electron chi connectivity index (χ1n) is 12.1. The van der Waals surface area contributed by atoms with Gasteiger partial charge in [0.25, 0.3) is 0 Å². The van der Waals surface area contributed by atoms with Crippen LogP contribution in [0.5, 0.6) is 17.2 Å². The lowest BCUT2D eigenvalue weighted by Gasteiger charge is -2.25. The van der Waals surface area contributed by atoms with Gasteiger partial charge >= 0.3 is 6.72 Å². The Morgan fingerprint density at radius 3 is 0.800 bits per heavy atom. The van der Waals surface area contributed by atoms with Crippen LogP contribution in [0.15, 0.2) is 72.8 Å². The van der Waals surface area contributed by atoms with Gasteiger partial charge in [0.1, 0.15) is 17.2 Å². The van der Waals surface area contributed by atoms with Gasteiger partial charge in [0.2, 0.25) is 0 Å². The Kier molecular flexibility index (Phi) is 7.79. The third kappa shape index (κ3) is 7.59. The molecule has 3 rings (SSSR count). The zero-order chi connectivity index (χ0) is 26.1. The van der Waals surface area contributed by atoms with Crippen molar-refractivity contribution in [2.24, 2.45) is 0 Å². The van der Waals surface area contributed by atoms with E-state index < -0.39 is 6.72 Å². The van der Waals surface area contributed by atoms with Crippen LogP contribution in [0.3, 0.4) is 0 Å². The van der Waals surface area contributed by atoms with E-state index in [0.29, 0.717) is 17.2 Å². The zero-order valence-electron chi connectivity index (χ0n) is 22.5. The Balaban J connectivity index is 1.90.